The van der Waals surface area contributed by atoms with Crippen molar-refractivity contribution in [2.24, 2.45) is 0 Å². The molecule has 0 saturated heterocycles. The van der Waals surface area contributed by atoms with Gasteiger partial charge in [0, 0.05) is 13.1 Å². The topological polar surface area (TPSA) is 34.1 Å². The molecule has 0 radical (unpaired) electrons. The maximum atomic E-state index is 12.5. The fraction of sp³-hybridized carbons (Fsp3) is 0.300. The highest BCUT2D eigenvalue weighted by molar-refractivity contribution is 5.42. The Hall–Kier alpha value is -1.72. The van der Waals surface area contributed by atoms with Crippen molar-refractivity contribution >= 4 is 5.82 Å². The summed E-state index contributed by atoms with van der Waals surface area (Å²) in [5.41, 5.74) is -0.800. The van der Waals surface area contributed by atoms with Gasteiger partial charge in [-0.15, -0.1) is 0 Å². The molecule has 0 bridgehead atoms. The highest BCUT2D eigenvalue weighted by Gasteiger charge is 2.31. The zero-order valence-corrected chi connectivity index (χ0v) is 8.64. The molecular formula is C10H11F3N2O. The van der Waals surface area contributed by atoms with Crippen molar-refractivity contribution in [2.75, 3.05) is 19.0 Å². The molecule has 1 aromatic rings. The van der Waals surface area contributed by atoms with Crippen molar-refractivity contribution in [2.45, 2.75) is 6.18 Å². The molecule has 0 aliphatic rings. The summed E-state index contributed by atoms with van der Waals surface area (Å²) < 4.78 is 42.4. The monoisotopic (exact) mass is 232 g/mol. The maximum absolute atomic E-state index is 12.5. The number of halogens is 3. The van der Waals surface area contributed by atoms with Crippen molar-refractivity contribution in [3.8, 4) is 5.88 Å². The summed E-state index contributed by atoms with van der Waals surface area (Å²) in [6.07, 6.45) is -2.98. The van der Waals surface area contributed by atoms with E-state index < -0.39 is 11.7 Å². The molecule has 1 N–H and O–H groups in total. The molecule has 1 aromatic heterocycles. The molecule has 0 aromatic carbocycles. The van der Waals surface area contributed by atoms with Crippen molar-refractivity contribution in [1.82, 2.24) is 4.98 Å². The molecule has 1 rings (SSSR count). The molecule has 3 nitrogen and oxygen atoms in total. The largest absolute Gasteiger partial charge is 0.473 e. The zero-order chi connectivity index (χ0) is 12.2. The van der Waals surface area contributed by atoms with Crippen LogP contribution in [0.1, 0.15) is 5.56 Å². The lowest BCUT2D eigenvalue weighted by Gasteiger charge is -2.11. The van der Waals surface area contributed by atoms with Crippen LogP contribution in [-0.2, 0) is 6.18 Å². The maximum Gasteiger partial charge on any atom is 0.416 e. The Bertz CT molecular complexity index is 377. The van der Waals surface area contributed by atoms with Crippen LogP contribution in [0, 0.1) is 0 Å². The Morgan fingerprint density at radius 1 is 1.50 bits per heavy atom. The van der Waals surface area contributed by atoms with Gasteiger partial charge < -0.3 is 10.1 Å². The van der Waals surface area contributed by atoms with Gasteiger partial charge in [-0.1, -0.05) is 12.7 Å². The number of pyridine rings is 1. The molecule has 88 valence electrons. The highest BCUT2D eigenvalue weighted by Crippen LogP contribution is 2.32. The number of hydrogen-bond acceptors (Lipinski definition) is 3. The Balaban J connectivity index is 3.05. The van der Waals surface area contributed by atoms with Crippen molar-refractivity contribution in [3.05, 3.63) is 30.4 Å². The number of nitrogens with one attached hydrogen (secondary N) is 1. The average molecular weight is 232 g/mol. The summed E-state index contributed by atoms with van der Waals surface area (Å²) in [7, 11) is 1.49. The first-order valence-electron chi connectivity index (χ1n) is 4.48. The summed E-state index contributed by atoms with van der Waals surface area (Å²) in [4.78, 5) is 3.82. The van der Waals surface area contributed by atoms with E-state index in [1.807, 2.05) is 0 Å². The van der Waals surface area contributed by atoms with E-state index in [-0.39, 0.29) is 18.3 Å². The lowest BCUT2D eigenvalue weighted by atomic mass is 10.2. The predicted octanol–water partition coefficient (Wildman–Crippen LogP) is 2.71. The van der Waals surface area contributed by atoms with E-state index in [9.17, 15) is 13.2 Å². The second kappa shape index (κ2) is 4.87. The molecule has 0 spiro atoms. The van der Waals surface area contributed by atoms with Crippen LogP contribution in [0.3, 0.4) is 0 Å². The molecule has 0 fully saturated rings. The van der Waals surface area contributed by atoms with Gasteiger partial charge in [-0.05, 0) is 6.07 Å². The SMILES string of the molecule is C=CCOc1cc(C(F)(F)F)cc(NC)n1. The summed E-state index contributed by atoms with van der Waals surface area (Å²) in [5, 5.41) is 2.54. The van der Waals surface area contributed by atoms with Gasteiger partial charge in [0.05, 0.1) is 5.56 Å². The highest BCUT2D eigenvalue weighted by atomic mass is 19.4. The first-order valence-corrected chi connectivity index (χ1v) is 4.48. The van der Waals surface area contributed by atoms with E-state index in [4.69, 9.17) is 4.74 Å². The molecule has 6 heteroatoms. The average Bonchev–Trinajstić information content (AvgIpc) is 2.24. The Morgan fingerprint density at radius 3 is 2.69 bits per heavy atom. The number of hydrogen-bond donors (Lipinski definition) is 1. The third-order valence-corrected chi connectivity index (χ3v) is 1.73. The van der Waals surface area contributed by atoms with Crippen LogP contribution in [0.15, 0.2) is 24.8 Å². The van der Waals surface area contributed by atoms with Gasteiger partial charge in [0.15, 0.2) is 0 Å². The van der Waals surface area contributed by atoms with Crippen LogP contribution in [0.5, 0.6) is 5.88 Å². The quantitative estimate of drug-likeness (QED) is 0.810. The van der Waals surface area contributed by atoms with Gasteiger partial charge in [-0.2, -0.15) is 18.2 Å². The summed E-state index contributed by atoms with van der Waals surface area (Å²) in [6, 6.07) is 1.77. The normalized spacial score (nSPS) is 11.0. The zero-order valence-electron chi connectivity index (χ0n) is 8.64. The van der Waals surface area contributed by atoms with E-state index in [0.717, 1.165) is 12.1 Å². The first-order chi connectivity index (χ1) is 7.47. The van der Waals surface area contributed by atoms with E-state index in [1.54, 1.807) is 0 Å². The second-order valence-corrected chi connectivity index (χ2v) is 2.93. The second-order valence-electron chi connectivity index (χ2n) is 2.93. The van der Waals surface area contributed by atoms with Gasteiger partial charge in [0.1, 0.15) is 12.4 Å². The third-order valence-electron chi connectivity index (χ3n) is 1.73. The van der Waals surface area contributed by atoms with E-state index in [2.05, 4.69) is 16.9 Å². The van der Waals surface area contributed by atoms with Gasteiger partial charge in [-0.25, -0.2) is 0 Å². The van der Waals surface area contributed by atoms with E-state index >= 15 is 0 Å². The molecular weight excluding hydrogens is 221 g/mol. The fourth-order valence-electron chi connectivity index (χ4n) is 1.02. The minimum absolute atomic E-state index is 0.0842. The smallest absolute Gasteiger partial charge is 0.416 e. The minimum Gasteiger partial charge on any atom is -0.473 e. The lowest BCUT2D eigenvalue weighted by molar-refractivity contribution is -0.137. The number of ether oxygens (including phenoxy) is 1. The van der Waals surface area contributed by atoms with Crippen LogP contribution < -0.4 is 10.1 Å². The predicted molar refractivity (Wildman–Crippen MR) is 54.5 cm³/mol. The lowest BCUT2D eigenvalue weighted by Crippen LogP contribution is -2.08. The molecule has 1 heterocycles. The number of anilines is 1. The number of alkyl halides is 3. The van der Waals surface area contributed by atoms with Crippen LogP contribution in [0.4, 0.5) is 19.0 Å². The van der Waals surface area contributed by atoms with E-state index in [1.165, 1.54) is 13.1 Å². The Morgan fingerprint density at radius 2 is 2.19 bits per heavy atom. The molecule has 0 aliphatic carbocycles. The molecule has 0 saturated carbocycles. The Kier molecular flexibility index (Phi) is 3.76. The van der Waals surface area contributed by atoms with Crippen LogP contribution in [-0.4, -0.2) is 18.6 Å². The number of nitrogens with zero attached hydrogens (tertiary/aromatic N) is 1. The van der Waals surface area contributed by atoms with Gasteiger partial charge in [0.2, 0.25) is 5.88 Å². The number of rotatable bonds is 4. The minimum atomic E-state index is -4.42. The van der Waals surface area contributed by atoms with Crippen LogP contribution >= 0.6 is 0 Å². The van der Waals surface area contributed by atoms with Gasteiger partial charge in [-0.3, -0.25) is 0 Å². The third kappa shape index (κ3) is 3.15. The summed E-state index contributed by atoms with van der Waals surface area (Å²) >= 11 is 0. The molecule has 0 unspecified atom stereocenters. The summed E-state index contributed by atoms with van der Waals surface area (Å²) in [5.74, 6) is 0.0213. The van der Waals surface area contributed by atoms with Crippen LogP contribution in [0.2, 0.25) is 0 Å². The molecule has 0 amide bonds. The van der Waals surface area contributed by atoms with Crippen molar-refractivity contribution in [3.63, 3.8) is 0 Å². The standard InChI is InChI=1S/C10H11F3N2O/c1-3-4-16-9-6-7(10(11,12)13)5-8(14-2)15-9/h3,5-6H,1,4H2,2H3,(H,14,15). The van der Waals surface area contributed by atoms with Crippen LogP contribution in [0.25, 0.3) is 0 Å². The fourth-order valence-corrected chi connectivity index (χ4v) is 1.02. The summed E-state index contributed by atoms with van der Waals surface area (Å²) in [6.45, 7) is 3.51. The van der Waals surface area contributed by atoms with Crippen molar-refractivity contribution in [1.29, 1.82) is 0 Å². The Labute approximate surface area is 90.9 Å². The van der Waals surface area contributed by atoms with E-state index in [0.29, 0.717) is 0 Å². The molecule has 0 atom stereocenters. The molecule has 0 aliphatic heterocycles. The van der Waals surface area contributed by atoms with Crippen molar-refractivity contribution < 1.29 is 17.9 Å². The molecule has 16 heavy (non-hydrogen) atoms. The first kappa shape index (κ1) is 12.4. The van der Waals surface area contributed by atoms with Gasteiger partial charge in [0.25, 0.3) is 0 Å². The van der Waals surface area contributed by atoms with Gasteiger partial charge >= 0.3 is 6.18 Å². The number of aromatic nitrogens is 1.